The Morgan fingerprint density at radius 3 is 2.38 bits per heavy atom. The van der Waals surface area contributed by atoms with Crippen LogP contribution in [0.4, 0.5) is 0 Å². The average Bonchev–Trinajstić information content (AvgIpc) is 2.19. The third kappa shape index (κ3) is 4.27. The molecule has 1 aromatic rings. The number of hydrogen-bond donors (Lipinski definition) is 0. The predicted molar refractivity (Wildman–Crippen MR) is 61.9 cm³/mol. The number of rotatable bonds is 5. The van der Waals surface area contributed by atoms with E-state index in [4.69, 9.17) is 15.8 Å². The summed E-state index contributed by atoms with van der Waals surface area (Å²) in [6, 6.07) is 8.31. The smallest absolute Gasteiger partial charge is 0.0622 e. The highest BCUT2D eigenvalue weighted by molar-refractivity contribution is 8.74. The van der Waals surface area contributed by atoms with Crippen molar-refractivity contribution in [2.75, 3.05) is 7.11 Å². The van der Waals surface area contributed by atoms with Crippen LogP contribution in [-0.4, -0.2) is 7.11 Å². The summed E-state index contributed by atoms with van der Waals surface area (Å²) in [6.45, 7) is 0. The Kier molecular flexibility index (Phi) is 5.71. The first-order chi connectivity index (χ1) is 6.36. The van der Waals surface area contributed by atoms with E-state index in [1.807, 2.05) is 0 Å². The Morgan fingerprint density at radius 1 is 1.23 bits per heavy atom. The molecule has 0 N–H and O–H groups in total. The largest absolute Gasteiger partial charge is 0.308 e. The maximum atomic E-state index is 5.68. The lowest BCUT2D eigenvalue weighted by atomic mass is 10.2. The van der Waals surface area contributed by atoms with Gasteiger partial charge in [-0.05, 0) is 11.1 Å². The molecule has 0 heterocycles. The van der Waals surface area contributed by atoms with Gasteiger partial charge < -0.3 is 4.18 Å². The van der Waals surface area contributed by atoms with Crippen LogP contribution in [0.25, 0.3) is 0 Å². The SMILES string of the molecule is COSSCc1ccc(CCl)cc1. The predicted octanol–water partition coefficient (Wildman–Crippen LogP) is 3.87. The van der Waals surface area contributed by atoms with Crippen LogP contribution in [0.3, 0.4) is 0 Å². The first kappa shape index (κ1) is 11.2. The summed E-state index contributed by atoms with van der Waals surface area (Å²) >= 11 is 7.08. The molecule has 0 aliphatic rings. The van der Waals surface area contributed by atoms with Gasteiger partial charge in [0.25, 0.3) is 0 Å². The molecule has 0 aromatic heterocycles. The van der Waals surface area contributed by atoms with Crippen molar-refractivity contribution in [2.45, 2.75) is 11.6 Å². The molecular formula is C9H11ClOS2. The van der Waals surface area contributed by atoms with Crippen LogP contribution in [-0.2, 0) is 15.8 Å². The van der Waals surface area contributed by atoms with Crippen molar-refractivity contribution >= 4 is 33.5 Å². The van der Waals surface area contributed by atoms with Gasteiger partial charge in [0.15, 0.2) is 0 Å². The maximum Gasteiger partial charge on any atom is 0.0622 e. The summed E-state index contributed by atoms with van der Waals surface area (Å²) in [6.07, 6.45) is 0. The first-order valence-electron chi connectivity index (χ1n) is 3.83. The lowest BCUT2D eigenvalue weighted by Gasteiger charge is -2.00. The van der Waals surface area contributed by atoms with E-state index >= 15 is 0 Å². The lowest BCUT2D eigenvalue weighted by molar-refractivity contribution is 0.498. The van der Waals surface area contributed by atoms with Gasteiger partial charge in [-0.25, -0.2) is 0 Å². The van der Waals surface area contributed by atoms with Crippen molar-refractivity contribution in [3.05, 3.63) is 35.4 Å². The zero-order valence-corrected chi connectivity index (χ0v) is 9.72. The third-order valence-corrected chi connectivity index (χ3v) is 3.56. The highest BCUT2D eigenvalue weighted by atomic mass is 35.5. The summed E-state index contributed by atoms with van der Waals surface area (Å²) in [7, 11) is 3.36. The molecule has 0 aliphatic carbocycles. The van der Waals surface area contributed by atoms with E-state index in [2.05, 4.69) is 24.3 Å². The standard InChI is InChI=1S/C9H11ClOS2/c1-11-13-12-7-9-4-2-8(6-10)3-5-9/h2-5H,6-7H2,1H3. The molecule has 0 spiro atoms. The van der Waals surface area contributed by atoms with Crippen LogP contribution >= 0.6 is 33.5 Å². The van der Waals surface area contributed by atoms with Gasteiger partial charge in [0, 0.05) is 11.6 Å². The van der Waals surface area contributed by atoms with Gasteiger partial charge in [0.05, 0.1) is 18.2 Å². The van der Waals surface area contributed by atoms with Crippen LogP contribution in [0.2, 0.25) is 0 Å². The van der Waals surface area contributed by atoms with E-state index in [1.165, 1.54) is 16.6 Å². The molecule has 1 aromatic carbocycles. The van der Waals surface area contributed by atoms with Gasteiger partial charge in [-0.15, -0.1) is 11.6 Å². The fourth-order valence-electron chi connectivity index (χ4n) is 0.865. The van der Waals surface area contributed by atoms with Crippen molar-refractivity contribution in [1.82, 2.24) is 0 Å². The Labute approximate surface area is 91.8 Å². The maximum absolute atomic E-state index is 5.68. The molecule has 4 heteroatoms. The molecule has 13 heavy (non-hydrogen) atoms. The highest BCUT2D eigenvalue weighted by Crippen LogP contribution is 2.25. The second kappa shape index (κ2) is 6.60. The molecule has 0 amide bonds. The van der Waals surface area contributed by atoms with E-state index in [0.29, 0.717) is 5.88 Å². The quantitative estimate of drug-likeness (QED) is 0.331. The summed E-state index contributed by atoms with van der Waals surface area (Å²) in [5.74, 6) is 1.54. The van der Waals surface area contributed by atoms with Crippen molar-refractivity contribution in [3.8, 4) is 0 Å². The van der Waals surface area contributed by atoms with Crippen molar-refractivity contribution < 1.29 is 4.18 Å². The second-order valence-electron chi connectivity index (χ2n) is 2.45. The van der Waals surface area contributed by atoms with Crippen molar-refractivity contribution in [1.29, 1.82) is 0 Å². The third-order valence-electron chi connectivity index (χ3n) is 1.52. The summed E-state index contributed by atoms with van der Waals surface area (Å²) < 4.78 is 4.87. The minimum Gasteiger partial charge on any atom is -0.308 e. The molecule has 0 saturated carbocycles. The Morgan fingerprint density at radius 2 is 1.85 bits per heavy atom. The van der Waals surface area contributed by atoms with Crippen LogP contribution in [0, 0.1) is 0 Å². The Hall–Kier alpha value is 0.170. The molecule has 72 valence electrons. The van der Waals surface area contributed by atoms with E-state index in [1.54, 1.807) is 17.9 Å². The normalized spacial score (nSPS) is 10.3. The van der Waals surface area contributed by atoms with Gasteiger partial charge in [-0.2, -0.15) is 0 Å². The minimum atomic E-state index is 0.584. The number of hydrogen-bond acceptors (Lipinski definition) is 3. The minimum absolute atomic E-state index is 0.584. The summed E-state index contributed by atoms with van der Waals surface area (Å²) in [5.41, 5.74) is 2.46. The molecule has 0 bridgehead atoms. The van der Waals surface area contributed by atoms with Crippen molar-refractivity contribution in [2.24, 2.45) is 0 Å². The monoisotopic (exact) mass is 234 g/mol. The van der Waals surface area contributed by atoms with Gasteiger partial charge >= 0.3 is 0 Å². The van der Waals surface area contributed by atoms with Gasteiger partial charge in [0.2, 0.25) is 0 Å². The summed E-state index contributed by atoms with van der Waals surface area (Å²) in [4.78, 5) is 0. The molecule has 0 atom stereocenters. The molecule has 0 saturated heterocycles. The van der Waals surface area contributed by atoms with Crippen LogP contribution in [0.5, 0.6) is 0 Å². The average molecular weight is 235 g/mol. The van der Waals surface area contributed by atoms with E-state index < -0.39 is 0 Å². The molecule has 0 unspecified atom stereocenters. The second-order valence-corrected chi connectivity index (χ2v) is 4.82. The first-order valence-corrected chi connectivity index (χ1v) is 6.60. The highest BCUT2D eigenvalue weighted by Gasteiger charge is 1.94. The Bertz CT molecular complexity index is 238. The molecule has 1 rings (SSSR count). The number of alkyl halides is 1. The number of benzene rings is 1. The van der Waals surface area contributed by atoms with E-state index in [9.17, 15) is 0 Å². The molecule has 0 aliphatic heterocycles. The van der Waals surface area contributed by atoms with Gasteiger partial charge in [0.1, 0.15) is 0 Å². The fraction of sp³-hybridized carbons (Fsp3) is 0.333. The Balaban J connectivity index is 2.40. The zero-order valence-electron chi connectivity index (χ0n) is 7.33. The molecule has 0 radical (unpaired) electrons. The lowest BCUT2D eigenvalue weighted by Crippen LogP contribution is -1.81. The van der Waals surface area contributed by atoms with Crippen LogP contribution in [0.1, 0.15) is 11.1 Å². The number of halogens is 1. The van der Waals surface area contributed by atoms with E-state index in [-0.39, 0.29) is 0 Å². The fourth-order valence-corrected chi connectivity index (χ4v) is 2.36. The molecule has 0 fully saturated rings. The van der Waals surface area contributed by atoms with E-state index in [0.717, 1.165) is 11.3 Å². The zero-order chi connectivity index (χ0) is 9.52. The topological polar surface area (TPSA) is 9.23 Å². The van der Waals surface area contributed by atoms with Crippen molar-refractivity contribution in [3.63, 3.8) is 0 Å². The molecule has 1 nitrogen and oxygen atoms in total. The van der Waals surface area contributed by atoms with Gasteiger partial charge in [-0.3, -0.25) is 0 Å². The van der Waals surface area contributed by atoms with Crippen LogP contribution in [0.15, 0.2) is 24.3 Å². The summed E-state index contributed by atoms with van der Waals surface area (Å²) in [5, 5.41) is 0. The van der Waals surface area contributed by atoms with Crippen LogP contribution < -0.4 is 0 Å². The molecular weight excluding hydrogens is 224 g/mol. The van der Waals surface area contributed by atoms with Gasteiger partial charge in [-0.1, -0.05) is 35.1 Å².